The fraction of sp³-hybridized carbons (Fsp3) is 0.412. The first-order valence-corrected chi connectivity index (χ1v) is 8.13. The van der Waals surface area contributed by atoms with E-state index in [0.29, 0.717) is 6.42 Å². The van der Waals surface area contributed by atoms with Gasteiger partial charge in [-0.3, -0.25) is 4.99 Å². The molecule has 0 spiro atoms. The number of aliphatic imine (C=N–C) groups is 1. The van der Waals surface area contributed by atoms with Gasteiger partial charge in [0.1, 0.15) is 5.54 Å². The van der Waals surface area contributed by atoms with Crippen molar-refractivity contribution in [1.82, 2.24) is 0 Å². The van der Waals surface area contributed by atoms with Gasteiger partial charge in [0.15, 0.2) is 5.75 Å². The maximum absolute atomic E-state index is 9.71. The van der Waals surface area contributed by atoms with Crippen LogP contribution in [0.5, 0.6) is 5.75 Å². The van der Waals surface area contributed by atoms with Crippen LogP contribution in [0.1, 0.15) is 44.1 Å². The number of nitriles is 1. The highest BCUT2D eigenvalue weighted by atomic mass is 35.5. The summed E-state index contributed by atoms with van der Waals surface area (Å²) in [6.07, 6.45) is 11.3. The lowest BCUT2D eigenvalue weighted by Crippen LogP contribution is -2.19. The lowest BCUT2D eigenvalue weighted by Gasteiger charge is -2.25. The van der Waals surface area contributed by atoms with Crippen molar-refractivity contribution in [2.75, 3.05) is 0 Å². The van der Waals surface area contributed by atoms with Crippen molar-refractivity contribution in [3.8, 4) is 11.8 Å². The first kappa shape index (κ1) is 16.9. The van der Waals surface area contributed by atoms with Crippen LogP contribution >= 0.6 is 23.2 Å². The number of phenols is 1. The monoisotopic (exact) mass is 336 g/mol. The largest absolute Gasteiger partial charge is 0.505 e. The first-order chi connectivity index (χ1) is 10.6. The van der Waals surface area contributed by atoms with E-state index in [1.165, 1.54) is 0 Å². The van der Waals surface area contributed by atoms with E-state index in [0.717, 1.165) is 37.7 Å². The third-order valence-corrected chi connectivity index (χ3v) is 4.45. The van der Waals surface area contributed by atoms with Crippen molar-refractivity contribution in [3.05, 3.63) is 39.9 Å². The second kappa shape index (κ2) is 7.67. The Morgan fingerprint density at radius 1 is 1.14 bits per heavy atom. The molecular weight excluding hydrogens is 319 g/mol. The van der Waals surface area contributed by atoms with E-state index in [4.69, 9.17) is 28.5 Å². The number of hydrogen-bond acceptors (Lipinski definition) is 3. The predicted octanol–water partition coefficient (Wildman–Crippen LogP) is 5.40. The molecule has 1 unspecified atom stereocenters. The van der Waals surface area contributed by atoms with Crippen LogP contribution < -0.4 is 0 Å². The van der Waals surface area contributed by atoms with Crippen molar-refractivity contribution >= 4 is 29.4 Å². The molecule has 22 heavy (non-hydrogen) atoms. The number of hydrogen-bond donors (Lipinski definition) is 1. The van der Waals surface area contributed by atoms with Gasteiger partial charge in [-0.2, -0.15) is 5.26 Å². The number of unbranched alkanes of at least 4 members (excludes halogenated alkanes) is 4. The van der Waals surface area contributed by atoms with Crippen molar-refractivity contribution in [2.24, 2.45) is 4.99 Å². The van der Waals surface area contributed by atoms with Crippen molar-refractivity contribution < 1.29 is 5.11 Å². The Balaban J connectivity index is 2.08. The second-order valence-electron chi connectivity index (χ2n) is 5.42. The number of halogens is 2. The van der Waals surface area contributed by atoms with Crippen LogP contribution in [-0.4, -0.2) is 11.3 Å². The lowest BCUT2D eigenvalue weighted by molar-refractivity contribution is 0.467. The average Bonchev–Trinajstić information content (AvgIpc) is 2.98. The molecule has 1 aromatic rings. The van der Waals surface area contributed by atoms with E-state index in [1.54, 1.807) is 18.3 Å². The molecule has 0 amide bonds. The molecule has 1 heterocycles. The third kappa shape index (κ3) is 3.82. The number of aromatic hydroxyl groups is 1. The van der Waals surface area contributed by atoms with Crippen LogP contribution in [0, 0.1) is 11.3 Å². The SMILES string of the molecule is N#CCCCCCCC1(c2cc(Cl)c(O)c(Cl)c2)C=CC=N1. The molecular formula is C17H18Cl2N2O. The fourth-order valence-electron chi connectivity index (χ4n) is 2.65. The van der Waals surface area contributed by atoms with Crippen LogP contribution in [0.25, 0.3) is 0 Å². The zero-order valence-electron chi connectivity index (χ0n) is 12.2. The van der Waals surface area contributed by atoms with E-state index in [1.807, 2.05) is 12.2 Å². The Kier molecular flexibility index (Phi) is 5.88. The van der Waals surface area contributed by atoms with Gasteiger partial charge in [-0.1, -0.05) is 48.5 Å². The minimum atomic E-state index is -0.448. The van der Waals surface area contributed by atoms with Crippen LogP contribution in [0.4, 0.5) is 0 Å². The summed E-state index contributed by atoms with van der Waals surface area (Å²) in [4.78, 5) is 4.60. The molecule has 5 heteroatoms. The molecule has 0 aromatic heterocycles. The highest BCUT2D eigenvalue weighted by Crippen LogP contribution is 2.41. The van der Waals surface area contributed by atoms with Gasteiger partial charge in [-0.05, 0) is 36.6 Å². The average molecular weight is 337 g/mol. The van der Waals surface area contributed by atoms with E-state index in [-0.39, 0.29) is 15.8 Å². The summed E-state index contributed by atoms with van der Waals surface area (Å²) in [6, 6.07) is 5.62. The zero-order valence-corrected chi connectivity index (χ0v) is 13.7. The van der Waals surface area contributed by atoms with E-state index in [2.05, 4.69) is 11.1 Å². The summed E-state index contributed by atoms with van der Waals surface area (Å²) < 4.78 is 0. The maximum atomic E-state index is 9.71. The van der Waals surface area contributed by atoms with Crippen molar-refractivity contribution in [2.45, 2.75) is 44.1 Å². The summed E-state index contributed by atoms with van der Waals surface area (Å²) in [7, 11) is 0. The van der Waals surface area contributed by atoms with E-state index in [9.17, 15) is 5.11 Å². The molecule has 1 aromatic carbocycles. The molecule has 1 N–H and O–H groups in total. The number of rotatable bonds is 7. The van der Waals surface area contributed by atoms with Gasteiger partial charge in [-0.25, -0.2) is 0 Å². The molecule has 116 valence electrons. The van der Waals surface area contributed by atoms with Crippen molar-refractivity contribution in [1.29, 1.82) is 5.26 Å². The Morgan fingerprint density at radius 3 is 2.41 bits per heavy atom. The maximum Gasteiger partial charge on any atom is 0.152 e. The highest BCUT2D eigenvalue weighted by Gasteiger charge is 2.31. The topological polar surface area (TPSA) is 56.4 Å². The molecule has 0 fully saturated rings. The summed E-state index contributed by atoms with van der Waals surface area (Å²) in [5.74, 6) is -0.0929. The Hall–Kier alpha value is -1.50. The number of allylic oxidation sites excluding steroid dienone is 1. The van der Waals surface area contributed by atoms with Crippen molar-refractivity contribution in [3.63, 3.8) is 0 Å². The molecule has 1 aliphatic heterocycles. The molecule has 1 aliphatic rings. The summed E-state index contributed by atoms with van der Waals surface area (Å²) in [5, 5.41) is 18.7. The molecule has 0 aliphatic carbocycles. The van der Waals surface area contributed by atoms with Gasteiger partial charge in [-0.15, -0.1) is 0 Å². The minimum Gasteiger partial charge on any atom is -0.505 e. The van der Waals surface area contributed by atoms with E-state index >= 15 is 0 Å². The van der Waals surface area contributed by atoms with Gasteiger partial charge < -0.3 is 5.11 Å². The molecule has 2 rings (SSSR count). The molecule has 0 bridgehead atoms. The normalized spacial score (nSPS) is 19.5. The van der Waals surface area contributed by atoms with E-state index < -0.39 is 5.54 Å². The van der Waals surface area contributed by atoms with Crippen LogP contribution in [-0.2, 0) is 5.54 Å². The zero-order chi connectivity index (χ0) is 16.0. The highest BCUT2D eigenvalue weighted by molar-refractivity contribution is 6.37. The second-order valence-corrected chi connectivity index (χ2v) is 6.24. The van der Waals surface area contributed by atoms with Crippen LogP contribution in [0.3, 0.4) is 0 Å². The van der Waals surface area contributed by atoms with Gasteiger partial charge >= 0.3 is 0 Å². The summed E-state index contributed by atoms with van der Waals surface area (Å²) in [6.45, 7) is 0. The number of benzene rings is 1. The smallest absolute Gasteiger partial charge is 0.152 e. The van der Waals surface area contributed by atoms with Gasteiger partial charge in [0, 0.05) is 12.6 Å². The Labute approximate surface area is 140 Å². The summed E-state index contributed by atoms with van der Waals surface area (Å²) in [5.41, 5.74) is 0.443. The van der Waals surface area contributed by atoms with Crippen LogP contribution in [0.15, 0.2) is 29.3 Å². The quantitative estimate of drug-likeness (QED) is 0.677. The first-order valence-electron chi connectivity index (χ1n) is 7.37. The molecule has 0 saturated carbocycles. The Morgan fingerprint density at radius 2 is 1.82 bits per heavy atom. The van der Waals surface area contributed by atoms with Gasteiger partial charge in [0.25, 0.3) is 0 Å². The Bertz CT molecular complexity index is 597. The number of phenolic OH excluding ortho intramolecular Hbond substituents is 1. The third-order valence-electron chi connectivity index (χ3n) is 3.88. The summed E-state index contributed by atoms with van der Waals surface area (Å²) >= 11 is 12.1. The minimum absolute atomic E-state index is 0.0929. The fourth-order valence-corrected chi connectivity index (χ4v) is 3.14. The molecule has 1 atom stereocenters. The van der Waals surface area contributed by atoms with Gasteiger partial charge in [0.05, 0.1) is 16.1 Å². The predicted molar refractivity (Wildman–Crippen MR) is 90.8 cm³/mol. The van der Waals surface area contributed by atoms with Gasteiger partial charge in [0.2, 0.25) is 0 Å². The van der Waals surface area contributed by atoms with Crippen LogP contribution in [0.2, 0.25) is 10.0 Å². The molecule has 0 saturated heterocycles. The lowest BCUT2D eigenvalue weighted by atomic mass is 9.85. The number of nitrogens with zero attached hydrogens (tertiary/aromatic N) is 2. The molecule has 3 nitrogen and oxygen atoms in total. The molecule has 0 radical (unpaired) electrons. The standard InChI is InChI=1S/C17H18Cl2N2O/c18-14-11-13(12-15(19)16(14)22)17(8-6-10-21-17)7-4-2-1-3-5-9-20/h6,8,10-12,22H,1-5,7H2.